The third kappa shape index (κ3) is 2.57. The van der Waals surface area contributed by atoms with Crippen LogP contribution >= 0.6 is 11.3 Å². The molecule has 1 aromatic carbocycles. The lowest BCUT2D eigenvalue weighted by Gasteiger charge is -2.24. The van der Waals surface area contributed by atoms with Gasteiger partial charge < -0.3 is 0 Å². The number of rotatable bonds is 4. The summed E-state index contributed by atoms with van der Waals surface area (Å²) in [5, 5.41) is 2.04. The number of ketones is 1. The molecule has 1 nitrogen and oxygen atoms in total. The first-order chi connectivity index (χ1) is 9.79. The fourth-order valence-corrected chi connectivity index (χ4v) is 4.19. The first-order valence-electron chi connectivity index (χ1n) is 7.47. The van der Waals surface area contributed by atoms with E-state index in [2.05, 4.69) is 37.3 Å². The Morgan fingerprint density at radius 2 is 2.15 bits per heavy atom. The summed E-state index contributed by atoms with van der Waals surface area (Å²) in [7, 11) is 0. The van der Waals surface area contributed by atoms with Gasteiger partial charge in [-0.3, -0.25) is 4.79 Å². The summed E-state index contributed by atoms with van der Waals surface area (Å²) < 4.78 is 0. The Kier molecular flexibility index (Phi) is 4.02. The van der Waals surface area contributed by atoms with Crippen LogP contribution in [0.15, 0.2) is 35.7 Å². The molecule has 2 heteroatoms. The highest BCUT2D eigenvalue weighted by molar-refractivity contribution is 7.12. The summed E-state index contributed by atoms with van der Waals surface area (Å²) in [6.45, 7) is 2.12. The predicted octanol–water partition coefficient (Wildman–Crippen LogP) is 5.00. The molecule has 1 aliphatic carbocycles. The van der Waals surface area contributed by atoms with Crippen molar-refractivity contribution in [2.24, 2.45) is 0 Å². The van der Waals surface area contributed by atoms with E-state index in [4.69, 9.17) is 0 Å². The Balaban J connectivity index is 1.81. The van der Waals surface area contributed by atoms with E-state index in [1.807, 2.05) is 5.38 Å². The molecule has 104 valence electrons. The highest BCUT2D eigenvalue weighted by atomic mass is 32.1. The van der Waals surface area contributed by atoms with Gasteiger partial charge in [-0.2, -0.15) is 0 Å². The standard InChI is InChI=1S/C18H20OS/c1-2-13-10-11-20-18(13)17(19)12-15-8-5-7-14-6-3-4-9-16(14)15/h3-4,6,9-11,15H,2,5,7-8,12H2,1H3. The molecule has 0 fully saturated rings. The van der Waals surface area contributed by atoms with Crippen molar-refractivity contribution in [2.75, 3.05) is 0 Å². The fraction of sp³-hybridized carbons (Fsp3) is 0.389. The number of benzene rings is 1. The normalized spacial score (nSPS) is 17.8. The van der Waals surface area contributed by atoms with Gasteiger partial charge in [0.25, 0.3) is 0 Å². The van der Waals surface area contributed by atoms with Crippen molar-refractivity contribution in [3.8, 4) is 0 Å². The number of Topliss-reactive ketones (excluding diaryl/α,β-unsaturated/α-hetero) is 1. The van der Waals surface area contributed by atoms with Gasteiger partial charge in [0.15, 0.2) is 5.78 Å². The second kappa shape index (κ2) is 5.92. The van der Waals surface area contributed by atoms with E-state index < -0.39 is 0 Å². The molecule has 1 atom stereocenters. The second-order valence-electron chi connectivity index (χ2n) is 5.54. The molecule has 0 radical (unpaired) electrons. The maximum absolute atomic E-state index is 12.6. The minimum absolute atomic E-state index is 0.332. The third-order valence-corrected chi connectivity index (χ3v) is 5.30. The molecule has 1 heterocycles. The van der Waals surface area contributed by atoms with Gasteiger partial charge in [-0.1, -0.05) is 31.2 Å². The van der Waals surface area contributed by atoms with E-state index in [1.54, 1.807) is 11.3 Å². The molecule has 0 amide bonds. The molecule has 0 saturated carbocycles. The Hall–Kier alpha value is -1.41. The van der Waals surface area contributed by atoms with Crippen LogP contribution in [0.2, 0.25) is 0 Å². The molecule has 0 saturated heterocycles. The van der Waals surface area contributed by atoms with Crippen LogP contribution in [-0.2, 0) is 12.8 Å². The lowest BCUT2D eigenvalue weighted by Crippen LogP contribution is -2.14. The zero-order valence-corrected chi connectivity index (χ0v) is 12.7. The Labute approximate surface area is 124 Å². The van der Waals surface area contributed by atoms with Crippen molar-refractivity contribution in [2.45, 2.75) is 44.9 Å². The van der Waals surface area contributed by atoms with Gasteiger partial charge in [-0.25, -0.2) is 0 Å². The summed E-state index contributed by atoms with van der Waals surface area (Å²) in [6, 6.07) is 10.7. The lowest BCUT2D eigenvalue weighted by molar-refractivity contribution is 0.0974. The van der Waals surface area contributed by atoms with Crippen LogP contribution < -0.4 is 0 Å². The molecule has 2 aromatic rings. The third-order valence-electron chi connectivity index (χ3n) is 4.31. The van der Waals surface area contributed by atoms with Gasteiger partial charge >= 0.3 is 0 Å². The lowest BCUT2D eigenvalue weighted by atomic mass is 9.80. The summed E-state index contributed by atoms with van der Waals surface area (Å²) in [6.07, 6.45) is 5.14. The number of hydrogen-bond donors (Lipinski definition) is 0. The van der Waals surface area contributed by atoms with Crippen LogP contribution in [0.3, 0.4) is 0 Å². The summed E-state index contributed by atoms with van der Waals surface area (Å²) in [4.78, 5) is 13.6. The number of carbonyl (C=O) groups excluding carboxylic acids is 1. The molecular weight excluding hydrogens is 264 g/mol. The molecule has 0 aliphatic heterocycles. The molecule has 1 aromatic heterocycles. The van der Waals surface area contributed by atoms with Crippen molar-refractivity contribution < 1.29 is 4.79 Å². The highest BCUT2D eigenvalue weighted by Crippen LogP contribution is 2.35. The number of hydrogen-bond acceptors (Lipinski definition) is 2. The minimum atomic E-state index is 0.332. The smallest absolute Gasteiger partial charge is 0.173 e. The van der Waals surface area contributed by atoms with Gasteiger partial charge in [0.05, 0.1) is 4.88 Å². The molecule has 20 heavy (non-hydrogen) atoms. The SMILES string of the molecule is CCc1ccsc1C(=O)CC1CCCc2ccccc21. The van der Waals surface area contributed by atoms with Gasteiger partial charge in [0, 0.05) is 6.42 Å². The maximum Gasteiger partial charge on any atom is 0.173 e. The van der Waals surface area contributed by atoms with Crippen molar-refractivity contribution in [1.29, 1.82) is 0 Å². The van der Waals surface area contributed by atoms with Crippen molar-refractivity contribution >= 4 is 17.1 Å². The number of aryl methyl sites for hydroxylation is 2. The molecule has 0 spiro atoms. The Bertz CT molecular complexity index is 611. The summed E-state index contributed by atoms with van der Waals surface area (Å²) in [5.41, 5.74) is 4.06. The van der Waals surface area contributed by atoms with Crippen LogP contribution in [0, 0.1) is 0 Å². The number of fused-ring (bicyclic) bond motifs is 1. The van der Waals surface area contributed by atoms with E-state index in [0.29, 0.717) is 18.1 Å². The number of carbonyl (C=O) groups is 1. The molecule has 1 unspecified atom stereocenters. The molecule has 3 rings (SSSR count). The van der Waals surface area contributed by atoms with E-state index in [-0.39, 0.29) is 0 Å². The monoisotopic (exact) mass is 284 g/mol. The van der Waals surface area contributed by atoms with Crippen molar-refractivity contribution in [3.05, 3.63) is 57.3 Å². The average Bonchev–Trinajstić information content (AvgIpc) is 2.96. The Morgan fingerprint density at radius 3 is 3.00 bits per heavy atom. The summed E-state index contributed by atoms with van der Waals surface area (Å²) >= 11 is 1.60. The van der Waals surface area contributed by atoms with Crippen molar-refractivity contribution in [3.63, 3.8) is 0 Å². The van der Waals surface area contributed by atoms with E-state index in [0.717, 1.165) is 17.7 Å². The number of thiophene rings is 1. The van der Waals surface area contributed by atoms with Gasteiger partial charge in [-0.05, 0) is 59.7 Å². The second-order valence-corrected chi connectivity index (χ2v) is 6.46. The molecule has 1 aliphatic rings. The van der Waals surface area contributed by atoms with E-state index >= 15 is 0 Å². The Morgan fingerprint density at radius 1 is 1.30 bits per heavy atom. The van der Waals surface area contributed by atoms with Gasteiger partial charge in [0.1, 0.15) is 0 Å². The van der Waals surface area contributed by atoms with E-state index in [1.165, 1.54) is 29.5 Å². The molecule has 0 bridgehead atoms. The zero-order chi connectivity index (χ0) is 13.9. The van der Waals surface area contributed by atoms with Gasteiger partial charge in [0.2, 0.25) is 0 Å². The summed E-state index contributed by atoms with van der Waals surface area (Å²) in [5.74, 6) is 0.748. The first-order valence-corrected chi connectivity index (χ1v) is 8.35. The predicted molar refractivity (Wildman–Crippen MR) is 84.8 cm³/mol. The van der Waals surface area contributed by atoms with Gasteiger partial charge in [-0.15, -0.1) is 11.3 Å². The van der Waals surface area contributed by atoms with Crippen LogP contribution in [0.25, 0.3) is 0 Å². The van der Waals surface area contributed by atoms with Crippen LogP contribution in [0.5, 0.6) is 0 Å². The quantitative estimate of drug-likeness (QED) is 0.722. The van der Waals surface area contributed by atoms with E-state index in [9.17, 15) is 4.79 Å². The highest BCUT2D eigenvalue weighted by Gasteiger charge is 2.24. The first kappa shape index (κ1) is 13.6. The van der Waals surface area contributed by atoms with Crippen molar-refractivity contribution in [1.82, 2.24) is 0 Å². The van der Waals surface area contributed by atoms with Crippen LogP contribution in [0.4, 0.5) is 0 Å². The van der Waals surface area contributed by atoms with Crippen LogP contribution in [0.1, 0.15) is 58.5 Å². The molecule has 0 N–H and O–H groups in total. The minimum Gasteiger partial charge on any atom is -0.293 e. The molecular formula is C18H20OS. The average molecular weight is 284 g/mol. The maximum atomic E-state index is 12.6. The van der Waals surface area contributed by atoms with Crippen LogP contribution in [-0.4, -0.2) is 5.78 Å². The fourth-order valence-electron chi connectivity index (χ4n) is 3.24. The topological polar surface area (TPSA) is 17.1 Å². The largest absolute Gasteiger partial charge is 0.293 e. The zero-order valence-electron chi connectivity index (χ0n) is 11.9.